The predicted octanol–water partition coefficient (Wildman–Crippen LogP) is 11.9. The van der Waals surface area contributed by atoms with Gasteiger partial charge in [0.1, 0.15) is 98.6 Å². The van der Waals surface area contributed by atoms with Crippen LogP contribution in [0.5, 0.6) is 5.75 Å². The number of Topliss-reactive ketones (excluding diaryl/α,β-unsaturated/α-hetero) is 4. The van der Waals surface area contributed by atoms with E-state index in [0.29, 0.717) is 94.8 Å². The van der Waals surface area contributed by atoms with E-state index in [4.69, 9.17) is 48.5 Å². The molecule has 1 aliphatic heterocycles. The zero-order valence-corrected chi connectivity index (χ0v) is 84.8. The summed E-state index contributed by atoms with van der Waals surface area (Å²) in [6, 6.07) is 23.1. The molecule has 780 valence electrons. The molecule has 0 bridgehead atoms. The van der Waals surface area contributed by atoms with E-state index in [2.05, 4.69) is 85.0 Å². The first-order valence-electron chi connectivity index (χ1n) is 43.6. The maximum Gasteiger partial charge on any atom is 0.339 e. The van der Waals surface area contributed by atoms with Gasteiger partial charge in [-0.25, -0.2) is 59.2 Å². The Labute approximate surface area is 828 Å². The summed E-state index contributed by atoms with van der Waals surface area (Å²) in [5.41, 5.74) is 4.24. The van der Waals surface area contributed by atoms with E-state index >= 15 is 0 Å². The molecule has 1 aliphatic carbocycles. The van der Waals surface area contributed by atoms with Crippen LogP contribution in [0.2, 0.25) is 0 Å². The summed E-state index contributed by atoms with van der Waals surface area (Å²) in [4.78, 5) is 196. The van der Waals surface area contributed by atoms with Gasteiger partial charge < -0.3 is 68.8 Å². The van der Waals surface area contributed by atoms with Crippen molar-refractivity contribution in [2.75, 3.05) is 86.9 Å². The van der Waals surface area contributed by atoms with Gasteiger partial charge in [0, 0.05) is 93.1 Å². The molecule has 0 aromatic heterocycles. The molecule has 40 nitrogen and oxygen atoms in total. The van der Waals surface area contributed by atoms with Crippen LogP contribution < -0.4 is 31.1 Å². The summed E-state index contributed by atoms with van der Waals surface area (Å²) in [6.07, 6.45) is 11.2. The summed E-state index contributed by atoms with van der Waals surface area (Å²) >= 11 is 0. The van der Waals surface area contributed by atoms with Crippen LogP contribution in [-0.4, -0.2) is 219 Å². The Hall–Kier alpha value is -14.4. The number of carboxylic acids is 2. The quantitative estimate of drug-likeness (QED) is 0.00539. The van der Waals surface area contributed by atoms with E-state index in [1.54, 1.807) is 66.7 Å². The summed E-state index contributed by atoms with van der Waals surface area (Å²) in [5.74, 6) is -8.77. The van der Waals surface area contributed by atoms with Gasteiger partial charge in [0.25, 0.3) is 29.5 Å². The lowest BCUT2D eigenvalue weighted by molar-refractivity contribution is -0.152. The number of sulfone groups is 2. The van der Waals surface area contributed by atoms with Crippen molar-refractivity contribution in [3.63, 3.8) is 0 Å². The van der Waals surface area contributed by atoms with Gasteiger partial charge >= 0.3 is 53.7 Å². The third-order valence-electron chi connectivity index (χ3n) is 17.0. The Kier molecular flexibility index (Phi) is 66.7. The molecule has 2 aliphatic rings. The molecule has 1 saturated carbocycles. The van der Waals surface area contributed by atoms with Crippen LogP contribution in [-0.2, 0) is 149 Å². The topological polar surface area (TPSA) is 607 Å². The number of benzene rings is 4. The van der Waals surface area contributed by atoms with Crippen LogP contribution >= 0.6 is 0 Å². The summed E-state index contributed by atoms with van der Waals surface area (Å²) < 4.78 is 113. The van der Waals surface area contributed by atoms with Crippen molar-refractivity contribution in [3.05, 3.63) is 212 Å². The average Bonchev–Trinajstić information content (AvgIpc) is 0.890. The number of hydrogen-bond acceptors (Lipinski definition) is 33. The number of hydrogen-bond donors (Lipinski definition) is 7. The van der Waals surface area contributed by atoms with Crippen molar-refractivity contribution in [1.82, 2.24) is 5.32 Å². The highest BCUT2D eigenvalue weighted by molar-refractivity contribution is 7.92. The van der Waals surface area contributed by atoms with E-state index < -0.39 is 100 Å². The number of aliphatic carboxylic acids is 1. The van der Waals surface area contributed by atoms with Gasteiger partial charge in [-0.05, 0) is 193 Å². The van der Waals surface area contributed by atoms with Crippen molar-refractivity contribution in [3.8, 4) is 5.75 Å². The molecular weight excluding hydrogens is 1920 g/mol. The van der Waals surface area contributed by atoms with Crippen LogP contribution in [0.1, 0.15) is 184 Å². The molecule has 1 fully saturated rings. The van der Waals surface area contributed by atoms with E-state index in [-0.39, 0.29) is 150 Å². The maximum absolute atomic E-state index is 11.8. The second-order valence-corrected chi connectivity index (χ2v) is 36.5. The number of sulfonamides is 1. The van der Waals surface area contributed by atoms with Crippen molar-refractivity contribution >= 4 is 153 Å². The molecule has 2 unspecified atom stereocenters. The Morgan fingerprint density at radius 2 is 0.725 bits per heavy atom. The molecule has 0 radical (unpaired) electrons. The Morgan fingerprint density at radius 1 is 0.394 bits per heavy atom. The van der Waals surface area contributed by atoms with Crippen LogP contribution in [0.15, 0.2) is 221 Å². The zero-order chi connectivity index (χ0) is 109. The second-order valence-electron chi connectivity index (χ2n) is 31.0. The number of esters is 7. The molecule has 4 aromatic rings. The number of ketones is 4. The van der Waals surface area contributed by atoms with E-state index in [9.17, 15) is 112 Å². The molecule has 142 heavy (non-hydrogen) atoms. The normalized spacial score (nSPS) is 12.2. The number of anilines is 3. The van der Waals surface area contributed by atoms with Crippen LogP contribution in [0.25, 0.3) is 0 Å². The standard InChI is InChI=1S/2C13H15NO4S.C13H20O5.C13H14O5.C12H20O3.C11H18O4.C10H12N2O3S.C10H14O5.C4H3NO2/c2*1-9(2)13(16)14-11-4-6-12(7-5-11)19(17,18)8-10(3)15;2*1-9(2)13(16)18-8-7-17-11-6-4-3-5-10(11)12(14)15;1-4-5-7-11(13)8-6-9-15-12(14)10(2)3;1-4-5-6-10(12)14-7-8-15-11(13)9(2)3;1-7(2)10(13)12-8-3-5-9(6-4-8)16(11,14)15;1-7(2)10(13)15-5-4-14-9(12)6-8(3)11;6-3-1-2-4(7)5-3/h2*4-7H,1,8H2,2-3H3,(H,14,16);10-11H,1,3-8H2,2H3,(H,14,15);3-6H,1,7-8H2,2H3,(H,14,15);2,4-9H2,1,3H3;2,4-8H2,1,3H3;3-6H,1H2,2H3,(H,12,13)(H2,11,14,15);1,4-6H2,2-3H3;1-2H,(H,5,6,7). The van der Waals surface area contributed by atoms with Crippen molar-refractivity contribution in [1.29, 1.82) is 0 Å². The van der Waals surface area contributed by atoms with E-state index in [1.807, 2.05) is 12.2 Å². The first-order chi connectivity index (χ1) is 66.2. The number of imide groups is 1. The smallest absolute Gasteiger partial charge is 0.339 e. The van der Waals surface area contributed by atoms with Gasteiger partial charge in [-0.1, -0.05) is 104 Å². The Morgan fingerprint density at radius 3 is 1.06 bits per heavy atom. The maximum atomic E-state index is 11.8. The number of ether oxygens (including phenoxy) is 9. The fourth-order valence-corrected chi connectivity index (χ4v) is 12.8. The Balaban J connectivity index is -0.00000154. The predicted molar refractivity (Wildman–Crippen MR) is 526 cm³/mol. The monoisotopic (exact) mass is 2050 g/mol. The number of aromatic carboxylic acids is 1. The number of para-hydroxylation sites is 1. The molecule has 0 saturated heterocycles. The zero-order valence-electron chi connectivity index (χ0n) is 82.3. The number of carbonyl (C=O) groups is 18. The van der Waals surface area contributed by atoms with Crippen LogP contribution in [0, 0.1) is 5.92 Å². The number of carboxylic acid groups (broad SMARTS) is 2. The molecule has 8 N–H and O–H groups in total. The lowest BCUT2D eigenvalue weighted by Gasteiger charge is -2.28. The van der Waals surface area contributed by atoms with Gasteiger partial charge in [0.2, 0.25) is 10.0 Å². The van der Waals surface area contributed by atoms with Gasteiger partial charge in [-0.3, -0.25) is 62.9 Å². The lowest BCUT2D eigenvalue weighted by atomic mass is 9.86. The number of nitrogens with two attached hydrogens (primary N) is 1. The number of carbonyl (C=O) groups excluding carboxylic acids is 16. The molecular formula is C99H131N5O35S3. The van der Waals surface area contributed by atoms with Gasteiger partial charge in [-0.2, -0.15) is 0 Å². The fraction of sp³-hybridized carbons (Fsp3) is 0.394. The average molecular weight is 2050 g/mol. The highest BCUT2D eigenvalue weighted by Gasteiger charge is 2.32. The first kappa shape index (κ1) is 132. The van der Waals surface area contributed by atoms with E-state index in [1.165, 1.54) is 119 Å². The van der Waals surface area contributed by atoms with Crippen LogP contribution in [0.3, 0.4) is 0 Å². The third-order valence-corrected chi connectivity index (χ3v) is 21.5. The third kappa shape index (κ3) is 64.7. The number of rotatable bonds is 46. The summed E-state index contributed by atoms with van der Waals surface area (Å²) in [5, 5.41) is 32.6. The highest BCUT2D eigenvalue weighted by Crippen LogP contribution is 2.28. The summed E-state index contributed by atoms with van der Waals surface area (Å²) in [7, 11) is -10.9. The molecule has 5 amide bonds. The Bertz CT molecular complexity index is 5320. The largest absolute Gasteiger partial charge is 0.489 e. The van der Waals surface area contributed by atoms with Gasteiger partial charge in [-0.15, -0.1) is 0 Å². The number of amides is 5. The minimum absolute atomic E-state index is 0.000763. The minimum Gasteiger partial charge on any atom is -0.489 e. The lowest BCUT2D eigenvalue weighted by Crippen LogP contribution is -2.34. The van der Waals surface area contributed by atoms with Gasteiger partial charge in [0.15, 0.2) is 19.7 Å². The van der Waals surface area contributed by atoms with Crippen molar-refractivity contribution in [2.45, 2.75) is 194 Å². The number of unbranched alkanes of at least 4 members (excludes halogenated alkanes) is 2. The van der Waals surface area contributed by atoms with Crippen LogP contribution in [0.4, 0.5) is 17.1 Å². The SMILES string of the molecule is C=C(C)C(=O)Nc1ccc(S(=O)(=O)CC(C)=O)cc1.C=C(C)C(=O)Nc1ccc(S(=O)(=O)CC(C)=O)cc1.C=C(C)C(=O)Nc1ccc(S(N)(=O)=O)cc1.C=C(C)C(=O)OCCCC(=O)CCCC.C=C(C)C(=O)OCCOC(=O)CC(C)=O.C=C(C)C(=O)OCCOC(=O)CCCC.C=C(C)C(=O)OCCOC1CCCCC1C(=O)O.C=C(C)C(=O)OCCOc1ccccc1C(=O)O.O=C1C=CC(=O)N1. The summed E-state index contributed by atoms with van der Waals surface area (Å²) in [6.45, 7) is 48.9. The molecule has 1 heterocycles. The highest BCUT2D eigenvalue weighted by atomic mass is 32.2. The minimum atomic E-state index is -3.69. The molecule has 2 atom stereocenters. The molecule has 6 rings (SSSR count). The molecule has 4 aromatic carbocycles. The van der Waals surface area contributed by atoms with Crippen molar-refractivity contribution in [2.24, 2.45) is 11.1 Å². The first-order valence-corrected chi connectivity index (χ1v) is 48.5. The number of nitrogens with one attached hydrogen (secondary N) is 4. The van der Waals surface area contributed by atoms with E-state index in [0.717, 1.165) is 44.9 Å². The van der Waals surface area contributed by atoms with Crippen molar-refractivity contribution < 1.29 is 164 Å². The number of primary sulfonamides is 1. The second kappa shape index (κ2) is 71.9. The molecule has 43 heteroatoms. The van der Waals surface area contributed by atoms with Gasteiger partial charge in [0.05, 0.1) is 39.9 Å². The molecule has 0 spiro atoms. The fourth-order valence-electron chi connectivity index (χ4n) is 9.73.